The molecule has 2 aromatic rings. The van der Waals surface area contributed by atoms with Gasteiger partial charge in [0.25, 0.3) is 10.0 Å². The largest absolute Gasteiger partial charge is 0.477 e. The highest BCUT2D eigenvalue weighted by molar-refractivity contribution is 14.1. The van der Waals surface area contributed by atoms with Crippen molar-refractivity contribution in [2.45, 2.75) is 18.7 Å². The number of hydrogen-bond acceptors (Lipinski definition) is 4. The van der Waals surface area contributed by atoms with E-state index in [0.717, 1.165) is 20.5 Å². The third kappa shape index (κ3) is 3.55. The Labute approximate surface area is 140 Å². The van der Waals surface area contributed by atoms with Gasteiger partial charge in [-0.05, 0) is 66.3 Å². The predicted octanol–water partition coefficient (Wildman–Crippen LogP) is 3.47. The monoisotopic (exact) mass is 437 g/mol. The van der Waals surface area contributed by atoms with Crippen molar-refractivity contribution in [2.24, 2.45) is 0 Å². The number of aromatic carboxylic acids is 1. The summed E-state index contributed by atoms with van der Waals surface area (Å²) in [6.07, 6.45) is 0. The number of sulfonamides is 1. The van der Waals surface area contributed by atoms with Crippen LogP contribution in [0.5, 0.6) is 0 Å². The van der Waals surface area contributed by atoms with Crippen molar-refractivity contribution in [1.82, 2.24) is 0 Å². The van der Waals surface area contributed by atoms with E-state index in [1.165, 1.54) is 6.07 Å². The molecule has 0 atom stereocenters. The van der Waals surface area contributed by atoms with Crippen molar-refractivity contribution in [1.29, 1.82) is 0 Å². The Kier molecular flexibility index (Phi) is 4.59. The van der Waals surface area contributed by atoms with Gasteiger partial charge in [0.1, 0.15) is 9.77 Å². The Morgan fingerprint density at radius 2 is 1.95 bits per heavy atom. The molecule has 5 nitrogen and oxygen atoms in total. The van der Waals surface area contributed by atoms with Crippen LogP contribution in [-0.2, 0) is 10.0 Å². The molecule has 0 aliphatic carbocycles. The van der Waals surface area contributed by atoms with E-state index in [-0.39, 0.29) is 9.77 Å². The van der Waals surface area contributed by atoms with Crippen molar-refractivity contribution in [3.63, 3.8) is 0 Å². The van der Waals surface area contributed by atoms with E-state index < -0.39 is 16.0 Å². The molecule has 2 rings (SSSR count). The van der Waals surface area contributed by atoms with E-state index >= 15 is 0 Å². The summed E-state index contributed by atoms with van der Waals surface area (Å²) >= 11 is 3.09. The number of thiophene rings is 1. The fourth-order valence-electron chi connectivity index (χ4n) is 1.78. The average molecular weight is 437 g/mol. The highest BCUT2D eigenvalue weighted by atomic mass is 127. The molecule has 0 unspecified atom stereocenters. The molecule has 0 spiro atoms. The van der Waals surface area contributed by atoms with E-state index in [9.17, 15) is 13.2 Å². The first-order valence-electron chi connectivity index (χ1n) is 5.83. The van der Waals surface area contributed by atoms with Crippen molar-refractivity contribution < 1.29 is 18.3 Å². The van der Waals surface area contributed by atoms with Crippen LogP contribution in [0, 0.1) is 17.4 Å². The molecular weight excluding hydrogens is 425 g/mol. The molecule has 8 heteroatoms. The minimum absolute atomic E-state index is 0.00264. The quantitative estimate of drug-likeness (QED) is 0.718. The van der Waals surface area contributed by atoms with Crippen LogP contribution in [0.2, 0.25) is 0 Å². The number of rotatable bonds is 4. The normalized spacial score (nSPS) is 11.4. The molecule has 21 heavy (non-hydrogen) atoms. The molecule has 0 bridgehead atoms. The molecular formula is C13H12INO4S2. The summed E-state index contributed by atoms with van der Waals surface area (Å²) in [7, 11) is -3.80. The zero-order valence-corrected chi connectivity index (χ0v) is 15.0. The molecule has 0 amide bonds. The first-order chi connectivity index (χ1) is 9.70. The molecule has 0 saturated heterocycles. The second-order valence-corrected chi connectivity index (χ2v) is 8.55. The van der Waals surface area contributed by atoms with Gasteiger partial charge in [-0.3, -0.25) is 4.72 Å². The Morgan fingerprint density at radius 3 is 2.48 bits per heavy atom. The van der Waals surface area contributed by atoms with E-state index in [2.05, 4.69) is 27.3 Å². The molecule has 1 aromatic heterocycles. The molecule has 0 aliphatic heterocycles. The van der Waals surface area contributed by atoms with Crippen molar-refractivity contribution >= 4 is 55.6 Å². The lowest BCUT2D eigenvalue weighted by Crippen LogP contribution is -2.14. The van der Waals surface area contributed by atoms with Gasteiger partial charge in [-0.15, -0.1) is 11.3 Å². The van der Waals surface area contributed by atoms with Crippen LogP contribution in [0.15, 0.2) is 29.2 Å². The highest BCUT2D eigenvalue weighted by Crippen LogP contribution is 2.28. The Morgan fingerprint density at radius 1 is 1.29 bits per heavy atom. The van der Waals surface area contributed by atoms with Crippen LogP contribution < -0.4 is 4.72 Å². The number of carbonyl (C=O) groups is 1. The number of carboxylic acids is 1. The van der Waals surface area contributed by atoms with Gasteiger partial charge in [0.2, 0.25) is 0 Å². The first kappa shape index (κ1) is 16.2. The minimum atomic E-state index is -3.80. The summed E-state index contributed by atoms with van der Waals surface area (Å²) in [5.74, 6) is -1.13. The molecule has 1 aromatic carbocycles. The zero-order valence-electron chi connectivity index (χ0n) is 11.2. The summed E-state index contributed by atoms with van der Waals surface area (Å²) in [5, 5.41) is 8.95. The summed E-state index contributed by atoms with van der Waals surface area (Å²) < 4.78 is 28.3. The third-order valence-corrected chi connectivity index (χ3v) is 6.14. The molecule has 112 valence electrons. The fraction of sp³-hybridized carbons (Fsp3) is 0.154. The van der Waals surface area contributed by atoms with Crippen LogP contribution in [0.3, 0.4) is 0 Å². The number of hydrogen-bond donors (Lipinski definition) is 2. The second-order valence-electron chi connectivity index (χ2n) is 4.40. The molecule has 0 aliphatic rings. The topological polar surface area (TPSA) is 83.5 Å². The van der Waals surface area contributed by atoms with Crippen LogP contribution in [0.1, 0.15) is 20.1 Å². The van der Waals surface area contributed by atoms with Gasteiger partial charge in [-0.2, -0.15) is 0 Å². The number of halogens is 1. The first-order valence-corrected chi connectivity index (χ1v) is 9.21. The van der Waals surface area contributed by atoms with Gasteiger partial charge in [-0.1, -0.05) is 0 Å². The van der Waals surface area contributed by atoms with E-state index in [4.69, 9.17) is 5.11 Å². The molecule has 0 saturated carbocycles. The van der Waals surface area contributed by atoms with E-state index in [0.29, 0.717) is 10.6 Å². The maximum Gasteiger partial charge on any atom is 0.345 e. The van der Waals surface area contributed by atoms with Crippen LogP contribution >= 0.6 is 33.9 Å². The second kappa shape index (κ2) is 5.93. The maximum atomic E-state index is 12.4. The van der Waals surface area contributed by atoms with Gasteiger partial charge in [-0.25, -0.2) is 13.2 Å². The zero-order chi connectivity index (χ0) is 15.8. The third-order valence-electron chi connectivity index (χ3n) is 2.81. The van der Waals surface area contributed by atoms with Crippen LogP contribution in [0.4, 0.5) is 5.69 Å². The predicted molar refractivity (Wildman–Crippen MR) is 90.7 cm³/mol. The van der Waals surface area contributed by atoms with Gasteiger partial charge in [0.05, 0.1) is 5.69 Å². The van der Waals surface area contributed by atoms with Gasteiger partial charge >= 0.3 is 5.97 Å². The number of nitrogens with one attached hydrogen (secondary N) is 1. The lowest BCUT2D eigenvalue weighted by atomic mass is 10.2. The van der Waals surface area contributed by atoms with E-state index in [1.54, 1.807) is 19.1 Å². The molecule has 2 N–H and O–H groups in total. The van der Waals surface area contributed by atoms with Crippen molar-refractivity contribution in [2.75, 3.05) is 4.72 Å². The van der Waals surface area contributed by atoms with Crippen LogP contribution in [0.25, 0.3) is 0 Å². The number of aryl methyl sites for hydroxylation is 2. The summed E-state index contributed by atoms with van der Waals surface area (Å²) in [5.41, 5.74) is 1.29. The van der Waals surface area contributed by atoms with Crippen molar-refractivity contribution in [3.05, 3.63) is 43.2 Å². The van der Waals surface area contributed by atoms with Gasteiger partial charge in [0.15, 0.2) is 0 Å². The number of anilines is 1. The molecule has 0 radical (unpaired) electrons. The number of carboxylic acid groups (broad SMARTS) is 1. The Balaban J connectivity index is 2.41. The standard InChI is InChI=1S/C13H12INO4S2/c1-7-5-9(14)3-4-10(7)15-21(18,19)12-6-11(13(16)17)20-8(12)2/h3-6,15H,1-2H3,(H,16,17). The fourth-order valence-corrected chi connectivity index (χ4v) is 4.99. The highest BCUT2D eigenvalue weighted by Gasteiger charge is 2.22. The Bertz CT molecular complexity index is 812. The average Bonchev–Trinajstić information content (AvgIpc) is 2.76. The maximum absolute atomic E-state index is 12.4. The van der Waals surface area contributed by atoms with Gasteiger partial charge in [0, 0.05) is 8.45 Å². The van der Waals surface area contributed by atoms with E-state index in [1.807, 2.05) is 13.0 Å². The molecule has 1 heterocycles. The minimum Gasteiger partial charge on any atom is -0.477 e. The number of benzene rings is 1. The smallest absolute Gasteiger partial charge is 0.345 e. The summed E-state index contributed by atoms with van der Waals surface area (Å²) in [6.45, 7) is 3.40. The lowest BCUT2D eigenvalue weighted by molar-refractivity contribution is 0.0702. The van der Waals surface area contributed by atoms with Crippen LogP contribution in [-0.4, -0.2) is 19.5 Å². The molecule has 0 fully saturated rings. The SMILES string of the molecule is Cc1cc(I)ccc1NS(=O)(=O)c1cc(C(=O)O)sc1C. The Hall–Kier alpha value is -1.13. The van der Waals surface area contributed by atoms with Gasteiger partial charge < -0.3 is 5.11 Å². The van der Waals surface area contributed by atoms with Crippen molar-refractivity contribution in [3.8, 4) is 0 Å². The lowest BCUT2D eigenvalue weighted by Gasteiger charge is -2.10. The summed E-state index contributed by atoms with van der Waals surface area (Å²) in [6, 6.07) is 6.54. The summed E-state index contributed by atoms with van der Waals surface area (Å²) in [4.78, 5) is 11.4.